The standard InChI is InChI=1S/C11H7Cl2IN2O/c12-8-1-2-9(13)7(3-8)5-16-6-15-4-10(14)11(16)17/h1-4,6H,5H2. The van der Waals surface area contributed by atoms with Gasteiger partial charge in [-0.05, 0) is 46.4 Å². The third-order valence-electron chi connectivity index (χ3n) is 2.21. The Morgan fingerprint density at radius 2 is 2.12 bits per heavy atom. The predicted molar refractivity (Wildman–Crippen MR) is 76.8 cm³/mol. The van der Waals surface area contributed by atoms with Crippen LogP contribution in [-0.2, 0) is 6.54 Å². The first-order valence-corrected chi connectivity index (χ1v) is 6.55. The Kier molecular flexibility index (Phi) is 4.06. The predicted octanol–water partition coefficient (Wildman–Crippen LogP) is 3.20. The minimum atomic E-state index is -0.0864. The van der Waals surface area contributed by atoms with E-state index < -0.39 is 0 Å². The molecule has 0 aliphatic rings. The zero-order chi connectivity index (χ0) is 12.4. The van der Waals surface area contributed by atoms with Crippen LogP contribution in [-0.4, -0.2) is 9.55 Å². The van der Waals surface area contributed by atoms with Gasteiger partial charge in [-0.3, -0.25) is 9.36 Å². The Morgan fingerprint density at radius 3 is 2.88 bits per heavy atom. The molecule has 0 saturated heterocycles. The summed E-state index contributed by atoms with van der Waals surface area (Å²) in [6, 6.07) is 5.17. The lowest BCUT2D eigenvalue weighted by Gasteiger charge is -2.07. The molecule has 0 amide bonds. The summed E-state index contributed by atoms with van der Waals surface area (Å²) in [5.74, 6) is 0. The van der Waals surface area contributed by atoms with Crippen molar-refractivity contribution in [3.8, 4) is 0 Å². The van der Waals surface area contributed by atoms with E-state index in [2.05, 4.69) is 4.98 Å². The Labute approximate surface area is 122 Å². The number of aromatic nitrogens is 2. The number of rotatable bonds is 2. The highest BCUT2D eigenvalue weighted by Gasteiger charge is 2.05. The zero-order valence-corrected chi connectivity index (χ0v) is 12.2. The first-order valence-electron chi connectivity index (χ1n) is 4.72. The lowest BCUT2D eigenvalue weighted by atomic mass is 10.2. The van der Waals surface area contributed by atoms with Gasteiger partial charge in [0.1, 0.15) is 0 Å². The molecule has 17 heavy (non-hydrogen) atoms. The van der Waals surface area contributed by atoms with Crippen LogP contribution < -0.4 is 5.56 Å². The van der Waals surface area contributed by atoms with Crippen molar-refractivity contribution in [2.75, 3.05) is 0 Å². The molecule has 0 fully saturated rings. The van der Waals surface area contributed by atoms with Crippen molar-refractivity contribution < 1.29 is 0 Å². The number of nitrogens with zero attached hydrogens (tertiary/aromatic N) is 2. The summed E-state index contributed by atoms with van der Waals surface area (Å²) in [5.41, 5.74) is 0.710. The van der Waals surface area contributed by atoms with Gasteiger partial charge in [-0.25, -0.2) is 4.98 Å². The van der Waals surface area contributed by atoms with Crippen LogP contribution in [0.3, 0.4) is 0 Å². The highest BCUT2D eigenvalue weighted by Crippen LogP contribution is 2.21. The van der Waals surface area contributed by atoms with Crippen LogP contribution in [0.5, 0.6) is 0 Å². The van der Waals surface area contributed by atoms with E-state index in [0.717, 1.165) is 5.56 Å². The topological polar surface area (TPSA) is 34.9 Å². The second-order valence-electron chi connectivity index (χ2n) is 3.41. The van der Waals surface area contributed by atoms with E-state index in [1.54, 1.807) is 18.2 Å². The molecule has 0 unspecified atom stereocenters. The maximum atomic E-state index is 11.8. The third kappa shape index (κ3) is 3.00. The second kappa shape index (κ2) is 5.37. The molecule has 3 nitrogen and oxygen atoms in total. The molecule has 0 N–H and O–H groups in total. The van der Waals surface area contributed by atoms with E-state index in [1.165, 1.54) is 17.1 Å². The maximum Gasteiger partial charge on any atom is 0.267 e. The first kappa shape index (κ1) is 12.9. The molecule has 0 saturated carbocycles. The van der Waals surface area contributed by atoms with Gasteiger partial charge in [0.05, 0.1) is 16.4 Å². The Balaban J connectivity index is 2.41. The van der Waals surface area contributed by atoms with E-state index in [9.17, 15) is 4.79 Å². The summed E-state index contributed by atoms with van der Waals surface area (Å²) >= 11 is 13.9. The van der Waals surface area contributed by atoms with Crippen LogP contribution in [0.25, 0.3) is 0 Å². The monoisotopic (exact) mass is 380 g/mol. The molecule has 1 heterocycles. The van der Waals surface area contributed by atoms with Crippen molar-refractivity contribution in [2.45, 2.75) is 6.54 Å². The molecular formula is C11H7Cl2IN2O. The Bertz CT molecular complexity index is 613. The molecule has 88 valence electrons. The first-order chi connectivity index (χ1) is 8.08. The van der Waals surface area contributed by atoms with Crippen LogP contribution in [0, 0.1) is 3.57 Å². The van der Waals surface area contributed by atoms with Gasteiger partial charge >= 0.3 is 0 Å². The average Bonchev–Trinajstić information content (AvgIpc) is 2.30. The van der Waals surface area contributed by atoms with Crippen molar-refractivity contribution in [1.29, 1.82) is 0 Å². The van der Waals surface area contributed by atoms with Crippen LogP contribution in [0.4, 0.5) is 0 Å². The number of benzene rings is 1. The molecule has 1 aromatic heterocycles. The largest absolute Gasteiger partial charge is 0.294 e. The highest BCUT2D eigenvalue weighted by atomic mass is 127. The normalized spacial score (nSPS) is 10.5. The van der Waals surface area contributed by atoms with E-state index in [0.29, 0.717) is 20.2 Å². The Morgan fingerprint density at radius 1 is 1.35 bits per heavy atom. The molecule has 0 aliphatic carbocycles. The van der Waals surface area contributed by atoms with Crippen molar-refractivity contribution in [1.82, 2.24) is 9.55 Å². The summed E-state index contributed by atoms with van der Waals surface area (Å²) in [4.78, 5) is 15.8. The summed E-state index contributed by atoms with van der Waals surface area (Å²) in [6.07, 6.45) is 3.01. The van der Waals surface area contributed by atoms with Gasteiger partial charge in [-0.2, -0.15) is 0 Å². The van der Waals surface area contributed by atoms with Crippen LogP contribution in [0.15, 0.2) is 35.5 Å². The molecule has 0 spiro atoms. The average molecular weight is 381 g/mol. The minimum absolute atomic E-state index is 0.0864. The fraction of sp³-hybridized carbons (Fsp3) is 0.0909. The summed E-state index contributed by atoms with van der Waals surface area (Å²) in [5, 5.41) is 1.18. The molecule has 0 aliphatic heterocycles. The molecule has 6 heteroatoms. The fourth-order valence-corrected chi connectivity index (χ4v) is 2.23. The van der Waals surface area contributed by atoms with Gasteiger partial charge in [0, 0.05) is 16.2 Å². The third-order valence-corrected chi connectivity index (χ3v) is 3.55. The summed E-state index contributed by atoms with van der Waals surface area (Å²) < 4.78 is 2.07. The van der Waals surface area contributed by atoms with Gasteiger partial charge in [-0.1, -0.05) is 23.2 Å². The van der Waals surface area contributed by atoms with Gasteiger partial charge in [0.2, 0.25) is 0 Å². The smallest absolute Gasteiger partial charge is 0.267 e. The highest BCUT2D eigenvalue weighted by molar-refractivity contribution is 14.1. The SMILES string of the molecule is O=c1c(I)cncn1Cc1cc(Cl)ccc1Cl. The molecule has 2 rings (SSSR count). The van der Waals surface area contributed by atoms with Gasteiger partial charge in [-0.15, -0.1) is 0 Å². The van der Waals surface area contributed by atoms with Crippen molar-refractivity contribution in [3.05, 3.63) is 60.3 Å². The van der Waals surface area contributed by atoms with Crippen molar-refractivity contribution >= 4 is 45.8 Å². The van der Waals surface area contributed by atoms with E-state index in [4.69, 9.17) is 23.2 Å². The molecule has 0 atom stereocenters. The summed E-state index contributed by atoms with van der Waals surface area (Å²) in [7, 11) is 0. The van der Waals surface area contributed by atoms with Crippen LogP contribution in [0.2, 0.25) is 10.0 Å². The van der Waals surface area contributed by atoms with Crippen LogP contribution >= 0.6 is 45.8 Å². The molecular weight excluding hydrogens is 374 g/mol. The lowest BCUT2D eigenvalue weighted by Crippen LogP contribution is -2.23. The van der Waals surface area contributed by atoms with Crippen molar-refractivity contribution in [2.24, 2.45) is 0 Å². The Hall–Kier alpha value is -0.590. The quantitative estimate of drug-likeness (QED) is 0.750. The number of hydrogen-bond acceptors (Lipinski definition) is 2. The van der Waals surface area contributed by atoms with E-state index in [-0.39, 0.29) is 5.56 Å². The van der Waals surface area contributed by atoms with Gasteiger partial charge in [0.25, 0.3) is 5.56 Å². The molecule has 0 bridgehead atoms. The summed E-state index contributed by atoms with van der Waals surface area (Å²) in [6.45, 7) is 0.363. The fourth-order valence-electron chi connectivity index (χ4n) is 1.38. The van der Waals surface area contributed by atoms with Gasteiger partial charge < -0.3 is 0 Å². The van der Waals surface area contributed by atoms with E-state index in [1.807, 2.05) is 22.6 Å². The maximum absolute atomic E-state index is 11.8. The van der Waals surface area contributed by atoms with Gasteiger partial charge in [0.15, 0.2) is 0 Å². The lowest BCUT2D eigenvalue weighted by molar-refractivity contribution is 0.730. The van der Waals surface area contributed by atoms with Crippen molar-refractivity contribution in [3.63, 3.8) is 0 Å². The minimum Gasteiger partial charge on any atom is -0.294 e. The molecule has 1 aromatic carbocycles. The second-order valence-corrected chi connectivity index (χ2v) is 5.42. The van der Waals surface area contributed by atoms with E-state index >= 15 is 0 Å². The molecule has 0 radical (unpaired) electrons. The molecule has 2 aromatic rings. The zero-order valence-electron chi connectivity index (χ0n) is 8.53. The number of halogens is 3. The van der Waals surface area contributed by atoms with Crippen LogP contribution in [0.1, 0.15) is 5.56 Å². The number of hydrogen-bond donors (Lipinski definition) is 0.